The van der Waals surface area contributed by atoms with Gasteiger partial charge in [0, 0.05) is 38.9 Å². The number of aliphatic hydroxyl groups is 1. The minimum atomic E-state index is 0.198. The maximum Gasteiger partial charge on any atom is 0.153 e. The monoisotopic (exact) mass is 235 g/mol. The van der Waals surface area contributed by atoms with Crippen LogP contribution in [0, 0.1) is 0 Å². The minimum absolute atomic E-state index is 0.198. The molecule has 17 heavy (non-hydrogen) atoms. The molecule has 5 heteroatoms. The number of pyridine rings is 1. The number of hydrogen-bond donors (Lipinski definition) is 1. The molecule has 0 unspecified atom stereocenters. The number of carbonyl (C=O) groups excluding carboxylic acids is 1. The van der Waals surface area contributed by atoms with Gasteiger partial charge in [-0.05, 0) is 12.1 Å². The number of carbonyl (C=O) groups is 1. The van der Waals surface area contributed by atoms with E-state index in [0.717, 1.165) is 44.8 Å². The maximum absolute atomic E-state index is 10.9. The summed E-state index contributed by atoms with van der Waals surface area (Å²) in [7, 11) is 0. The van der Waals surface area contributed by atoms with Crippen LogP contribution in [0.5, 0.6) is 0 Å². The van der Waals surface area contributed by atoms with Gasteiger partial charge in [-0.2, -0.15) is 0 Å². The molecule has 2 heterocycles. The maximum atomic E-state index is 10.9. The third kappa shape index (κ3) is 2.81. The number of anilines is 1. The normalized spacial score (nSPS) is 17.1. The van der Waals surface area contributed by atoms with E-state index in [1.807, 2.05) is 0 Å². The van der Waals surface area contributed by atoms with Crippen molar-refractivity contribution in [3.63, 3.8) is 0 Å². The first-order valence-electron chi connectivity index (χ1n) is 5.83. The van der Waals surface area contributed by atoms with Crippen molar-refractivity contribution in [2.45, 2.75) is 0 Å². The van der Waals surface area contributed by atoms with Crippen LogP contribution in [0.2, 0.25) is 0 Å². The number of piperazine rings is 1. The Morgan fingerprint density at radius 3 is 2.76 bits per heavy atom. The van der Waals surface area contributed by atoms with E-state index >= 15 is 0 Å². The van der Waals surface area contributed by atoms with E-state index in [1.165, 1.54) is 0 Å². The summed E-state index contributed by atoms with van der Waals surface area (Å²) >= 11 is 0. The first-order valence-corrected chi connectivity index (χ1v) is 5.83. The van der Waals surface area contributed by atoms with Gasteiger partial charge in [-0.1, -0.05) is 0 Å². The van der Waals surface area contributed by atoms with Gasteiger partial charge in [0.05, 0.1) is 12.2 Å². The van der Waals surface area contributed by atoms with Gasteiger partial charge in [0.25, 0.3) is 0 Å². The molecule has 1 fully saturated rings. The standard InChI is InChI=1S/C12H17N3O2/c16-9-8-14-4-6-15(7-5-14)12-11(10-17)2-1-3-13-12/h1-3,10,16H,4-9H2. The second-order valence-corrected chi connectivity index (χ2v) is 4.09. The van der Waals surface area contributed by atoms with Crippen LogP contribution in [0.4, 0.5) is 5.82 Å². The van der Waals surface area contributed by atoms with Crippen LogP contribution in [-0.2, 0) is 0 Å². The van der Waals surface area contributed by atoms with Crippen LogP contribution >= 0.6 is 0 Å². The van der Waals surface area contributed by atoms with Gasteiger partial charge in [0.2, 0.25) is 0 Å². The average Bonchev–Trinajstić information content (AvgIpc) is 2.40. The number of rotatable bonds is 4. The van der Waals surface area contributed by atoms with Gasteiger partial charge in [-0.15, -0.1) is 0 Å². The Labute approximate surface area is 101 Å². The fourth-order valence-corrected chi connectivity index (χ4v) is 2.09. The third-order valence-electron chi connectivity index (χ3n) is 3.03. The third-order valence-corrected chi connectivity index (χ3v) is 3.03. The molecule has 0 radical (unpaired) electrons. The summed E-state index contributed by atoms with van der Waals surface area (Å²) in [6, 6.07) is 3.56. The lowest BCUT2D eigenvalue weighted by atomic mass is 10.2. The Hall–Kier alpha value is -1.46. The summed E-state index contributed by atoms with van der Waals surface area (Å²) in [5, 5.41) is 8.87. The SMILES string of the molecule is O=Cc1cccnc1N1CCN(CCO)CC1. The van der Waals surface area contributed by atoms with Crippen molar-refractivity contribution in [3.05, 3.63) is 23.9 Å². The van der Waals surface area contributed by atoms with Crippen molar-refractivity contribution in [1.82, 2.24) is 9.88 Å². The molecule has 5 nitrogen and oxygen atoms in total. The molecule has 2 rings (SSSR count). The highest BCUT2D eigenvalue weighted by Gasteiger charge is 2.19. The second-order valence-electron chi connectivity index (χ2n) is 4.09. The van der Waals surface area contributed by atoms with Crippen molar-refractivity contribution in [2.75, 3.05) is 44.2 Å². The average molecular weight is 235 g/mol. The molecule has 0 atom stereocenters. The zero-order valence-electron chi connectivity index (χ0n) is 9.75. The molecular weight excluding hydrogens is 218 g/mol. The Bertz CT molecular complexity index is 376. The molecule has 0 bridgehead atoms. The van der Waals surface area contributed by atoms with Crippen molar-refractivity contribution >= 4 is 12.1 Å². The van der Waals surface area contributed by atoms with Crippen LogP contribution in [0.1, 0.15) is 10.4 Å². The van der Waals surface area contributed by atoms with Gasteiger partial charge in [0.15, 0.2) is 6.29 Å². The number of aldehydes is 1. The van der Waals surface area contributed by atoms with Crippen LogP contribution in [0.3, 0.4) is 0 Å². The van der Waals surface area contributed by atoms with E-state index < -0.39 is 0 Å². The molecule has 0 spiro atoms. The zero-order valence-corrected chi connectivity index (χ0v) is 9.75. The van der Waals surface area contributed by atoms with Gasteiger partial charge >= 0.3 is 0 Å². The zero-order chi connectivity index (χ0) is 12.1. The summed E-state index contributed by atoms with van der Waals surface area (Å²) in [6.45, 7) is 4.40. The lowest BCUT2D eigenvalue weighted by molar-refractivity contribution is 0.112. The van der Waals surface area contributed by atoms with Gasteiger partial charge in [0.1, 0.15) is 5.82 Å². The quantitative estimate of drug-likeness (QED) is 0.745. The van der Waals surface area contributed by atoms with Crippen LogP contribution in [0.15, 0.2) is 18.3 Å². The molecule has 1 saturated heterocycles. The molecule has 92 valence electrons. The van der Waals surface area contributed by atoms with Gasteiger partial charge < -0.3 is 10.0 Å². The summed E-state index contributed by atoms with van der Waals surface area (Å²) in [5.41, 5.74) is 0.642. The van der Waals surface area contributed by atoms with E-state index in [1.54, 1.807) is 18.3 Å². The first-order chi connectivity index (χ1) is 8.35. The van der Waals surface area contributed by atoms with Crippen molar-refractivity contribution in [2.24, 2.45) is 0 Å². The van der Waals surface area contributed by atoms with Crippen molar-refractivity contribution in [1.29, 1.82) is 0 Å². The molecule has 1 aromatic rings. The Morgan fingerprint density at radius 2 is 2.12 bits per heavy atom. The fraction of sp³-hybridized carbons (Fsp3) is 0.500. The number of β-amino-alcohol motifs (C(OH)–C–C–N with tert-alkyl or cyclic N) is 1. The fourth-order valence-electron chi connectivity index (χ4n) is 2.09. The van der Waals surface area contributed by atoms with Gasteiger partial charge in [-0.25, -0.2) is 4.98 Å². The largest absolute Gasteiger partial charge is 0.395 e. The van der Waals surface area contributed by atoms with Crippen LogP contribution in [0.25, 0.3) is 0 Å². The lowest BCUT2D eigenvalue weighted by Gasteiger charge is -2.35. The predicted molar refractivity (Wildman–Crippen MR) is 65.4 cm³/mol. The highest BCUT2D eigenvalue weighted by molar-refractivity contribution is 5.82. The number of hydrogen-bond acceptors (Lipinski definition) is 5. The topological polar surface area (TPSA) is 56.7 Å². The summed E-state index contributed by atoms with van der Waals surface area (Å²) in [4.78, 5) is 19.5. The van der Waals surface area contributed by atoms with E-state index in [4.69, 9.17) is 5.11 Å². The van der Waals surface area contributed by atoms with E-state index in [2.05, 4.69) is 14.8 Å². The molecular formula is C12H17N3O2. The van der Waals surface area contributed by atoms with E-state index in [0.29, 0.717) is 5.56 Å². The van der Waals surface area contributed by atoms with Crippen LogP contribution < -0.4 is 4.90 Å². The highest BCUT2D eigenvalue weighted by Crippen LogP contribution is 2.16. The molecule has 1 aliphatic heterocycles. The lowest BCUT2D eigenvalue weighted by Crippen LogP contribution is -2.47. The molecule has 0 saturated carbocycles. The molecule has 0 aromatic carbocycles. The summed E-state index contributed by atoms with van der Waals surface area (Å²) in [5.74, 6) is 0.770. The smallest absolute Gasteiger partial charge is 0.153 e. The molecule has 1 N–H and O–H groups in total. The Kier molecular flexibility index (Phi) is 4.06. The summed E-state index contributed by atoms with van der Waals surface area (Å²) < 4.78 is 0. The number of nitrogens with zero attached hydrogens (tertiary/aromatic N) is 3. The molecule has 1 aliphatic rings. The van der Waals surface area contributed by atoms with Crippen molar-refractivity contribution < 1.29 is 9.90 Å². The summed E-state index contributed by atoms with van der Waals surface area (Å²) in [6.07, 6.45) is 2.56. The predicted octanol–water partition coefficient (Wildman–Crippen LogP) is 0.00840. The van der Waals surface area contributed by atoms with Gasteiger partial charge in [-0.3, -0.25) is 9.69 Å². The molecule has 1 aromatic heterocycles. The van der Waals surface area contributed by atoms with Crippen LogP contribution in [-0.4, -0.2) is 60.6 Å². The number of aromatic nitrogens is 1. The number of aliphatic hydroxyl groups excluding tert-OH is 1. The second kappa shape index (κ2) is 5.75. The van der Waals surface area contributed by atoms with Crippen molar-refractivity contribution in [3.8, 4) is 0 Å². The molecule has 0 amide bonds. The minimum Gasteiger partial charge on any atom is -0.395 e. The Balaban J connectivity index is 2.02. The molecule has 0 aliphatic carbocycles. The highest BCUT2D eigenvalue weighted by atomic mass is 16.3. The van der Waals surface area contributed by atoms with E-state index in [9.17, 15) is 4.79 Å². The van der Waals surface area contributed by atoms with E-state index in [-0.39, 0.29) is 6.61 Å². The Morgan fingerprint density at radius 1 is 1.35 bits per heavy atom. The first kappa shape index (κ1) is 12.0.